The van der Waals surface area contributed by atoms with Crippen LogP contribution < -0.4 is 10.6 Å². The predicted octanol–water partition coefficient (Wildman–Crippen LogP) is 3.11. The molecule has 0 saturated carbocycles. The zero-order chi connectivity index (χ0) is 14.4. The molecule has 1 aromatic heterocycles. The highest BCUT2D eigenvalue weighted by Gasteiger charge is 2.05. The summed E-state index contributed by atoms with van der Waals surface area (Å²) in [5, 5.41) is 6.52. The van der Waals surface area contributed by atoms with Crippen molar-refractivity contribution in [2.24, 2.45) is 0 Å². The minimum atomic E-state index is 0.563. The van der Waals surface area contributed by atoms with E-state index < -0.39 is 0 Å². The summed E-state index contributed by atoms with van der Waals surface area (Å²) in [5.74, 6) is 2.33. The molecule has 0 amide bonds. The monoisotopic (exact) mass is 272 g/mol. The van der Waals surface area contributed by atoms with Crippen molar-refractivity contribution in [3.63, 3.8) is 0 Å². The molecule has 2 N–H and O–H groups in total. The van der Waals surface area contributed by atoms with Gasteiger partial charge in [0.25, 0.3) is 0 Å². The van der Waals surface area contributed by atoms with Crippen molar-refractivity contribution in [2.75, 3.05) is 24.3 Å². The van der Waals surface area contributed by atoms with Crippen LogP contribution in [0.4, 0.5) is 17.3 Å². The van der Waals surface area contributed by atoms with Gasteiger partial charge in [0.2, 0.25) is 0 Å². The summed E-state index contributed by atoms with van der Waals surface area (Å²) in [6, 6.07) is 9.93. The van der Waals surface area contributed by atoms with E-state index >= 15 is 0 Å². The summed E-state index contributed by atoms with van der Waals surface area (Å²) in [4.78, 5) is 8.75. The van der Waals surface area contributed by atoms with Gasteiger partial charge in [-0.25, -0.2) is 9.97 Å². The average molecular weight is 272 g/mol. The molecule has 0 spiro atoms. The molecule has 0 bridgehead atoms. The maximum absolute atomic E-state index is 5.21. The standard InChI is InChI=1S/C15H20N4O/c1-4-16-14-9-15(18-11(2)17-14)19-13-8-6-5-7-12(13)10-20-3/h5-9H,4,10H2,1-3H3,(H2,16,17,18,19). The van der Waals surface area contributed by atoms with E-state index in [9.17, 15) is 0 Å². The molecular formula is C15H20N4O. The van der Waals surface area contributed by atoms with Gasteiger partial charge >= 0.3 is 0 Å². The van der Waals surface area contributed by atoms with Crippen LogP contribution in [0.5, 0.6) is 0 Å². The van der Waals surface area contributed by atoms with E-state index in [4.69, 9.17) is 4.74 Å². The van der Waals surface area contributed by atoms with Gasteiger partial charge in [-0.2, -0.15) is 0 Å². The number of benzene rings is 1. The Bertz CT molecular complexity index is 572. The molecule has 1 heterocycles. The highest BCUT2D eigenvalue weighted by Crippen LogP contribution is 2.21. The summed E-state index contributed by atoms with van der Waals surface area (Å²) in [6.07, 6.45) is 0. The first-order chi connectivity index (χ1) is 9.72. The maximum atomic E-state index is 5.21. The Morgan fingerprint density at radius 3 is 2.65 bits per heavy atom. The zero-order valence-electron chi connectivity index (χ0n) is 12.1. The van der Waals surface area contributed by atoms with Crippen molar-refractivity contribution in [3.05, 3.63) is 41.7 Å². The Morgan fingerprint density at radius 2 is 1.90 bits per heavy atom. The van der Waals surface area contributed by atoms with E-state index in [-0.39, 0.29) is 0 Å². The second kappa shape index (κ2) is 6.86. The molecule has 20 heavy (non-hydrogen) atoms. The van der Waals surface area contributed by atoms with E-state index in [2.05, 4.69) is 20.6 Å². The van der Waals surface area contributed by atoms with Crippen molar-refractivity contribution >= 4 is 17.3 Å². The van der Waals surface area contributed by atoms with Gasteiger partial charge in [-0.05, 0) is 19.9 Å². The SMILES string of the molecule is CCNc1cc(Nc2ccccc2COC)nc(C)n1. The lowest BCUT2D eigenvalue weighted by molar-refractivity contribution is 0.185. The summed E-state index contributed by atoms with van der Waals surface area (Å²) in [6.45, 7) is 5.31. The summed E-state index contributed by atoms with van der Waals surface area (Å²) in [5.41, 5.74) is 2.09. The normalized spacial score (nSPS) is 10.3. The number of rotatable bonds is 6. The fourth-order valence-corrected chi connectivity index (χ4v) is 1.96. The quantitative estimate of drug-likeness (QED) is 0.846. The summed E-state index contributed by atoms with van der Waals surface area (Å²) < 4.78 is 5.21. The van der Waals surface area contributed by atoms with Crippen LogP contribution in [0.15, 0.2) is 30.3 Å². The average Bonchev–Trinajstić information content (AvgIpc) is 2.41. The Kier molecular flexibility index (Phi) is 4.90. The predicted molar refractivity (Wildman–Crippen MR) is 81.4 cm³/mol. The Labute approximate surface area is 119 Å². The van der Waals surface area contributed by atoms with E-state index in [1.165, 1.54) is 0 Å². The molecule has 0 fully saturated rings. The van der Waals surface area contributed by atoms with E-state index in [1.54, 1.807) is 7.11 Å². The zero-order valence-corrected chi connectivity index (χ0v) is 12.1. The van der Waals surface area contributed by atoms with Gasteiger partial charge in [0.15, 0.2) is 0 Å². The molecule has 106 valence electrons. The Hall–Kier alpha value is -2.14. The molecule has 5 heteroatoms. The fourth-order valence-electron chi connectivity index (χ4n) is 1.96. The topological polar surface area (TPSA) is 59.1 Å². The number of nitrogens with one attached hydrogen (secondary N) is 2. The molecule has 2 aromatic rings. The molecule has 5 nitrogen and oxygen atoms in total. The van der Waals surface area contributed by atoms with Crippen LogP contribution in [-0.2, 0) is 11.3 Å². The lowest BCUT2D eigenvalue weighted by atomic mass is 10.2. The molecule has 0 aliphatic carbocycles. The van der Waals surface area contributed by atoms with Gasteiger partial charge in [-0.15, -0.1) is 0 Å². The lowest BCUT2D eigenvalue weighted by Crippen LogP contribution is -2.05. The number of aromatic nitrogens is 2. The third-order valence-electron chi connectivity index (χ3n) is 2.78. The largest absolute Gasteiger partial charge is 0.380 e. The number of para-hydroxylation sites is 1. The fraction of sp³-hybridized carbons (Fsp3) is 0.333. The molecule has 1 aromatic carbocycles. The van der Waals surface area contributed by atoms with Crippen LogP contribution in [0.25, 0.3) is 0 Å². The first-order valence-electron chi connectivity index (χ1n) is 6.66. The number of anilines is 3. The van der Waals surface area contributed by atoms with Crippen molar-refractivity contribution in [2.45, 2.75) is 20.5 Å². The van der Waals surface area contributed by atoms with Gasteiger partial charge < -0.3 is 15.4 Å². The van der Waals surface area contributed by atoms with Crippen LogP contribution in [0.2, 0.25) is 0 Å². The third kappa shape index (κ3) is 3.68. The minimum absolute atomic E-state index is 0.563. The smallest absolute Gasteiger partial charge is 0.136 e. The maximum Gasteiger partial charge on any atom is 0.136 e. The third-order valence-corrected chi connectivity index (χ3v) is 2.78. The first-order valence-corrected chi connectivity index (χ1v) is 6.66. The van der Waals surface area contributed by atoms with E-state index in [1.807, 2.05) is 44.2 Å². The minimum Gasteiger partial charge on any atom is -0.380 e. The molecule has 0 atom stereocenters. The van der Waals surface area contributed by atoms with Crippen molar-refractivity contribution in [1.82, 2.24) is 9.97 Å². The molecule has 2 rings (SSSR count). The van der Waals surface area contributed by atoms with Crippen LogP contribution >= 0.6 is 0 Å². The molecule has 0 radical (unpaired) electrons. The van der Waals surface area contributed by atoms with E-state index in [0.29, 0.717) is 6.61 Å². The van der Waals surface area contributed by atoms with Crippen LogP contribution in [0.3, 0.4) is 0 Å². The number of ether oxygens (including phenoxy) is 1. The molecule has 0 aliphatic heterocycles. The Morgan fingerprint density at radius 1 is 1.15 bits per heavy atom. The van der Waals surface area contributed by atoms with Crippen LogP contribution in [0, 0.1) is 6.92 Å². The number of hydrogen-bond acceptors (Lipinski definition) is 5. The van der Waals surface area contributed by atoms with Gasteiger partial charge in [0.1, 0.15) is 17.5 Å². The molecule has 0 saturated heterocycles. The van der Waals surface area contributed by atoms with Gasteiger partial charge in [-0.3, -0.25) is 0 Å². The van der Waals surface area contributed by atoms with Crippen molar-refractivity contribution in [1.29, 1.82) is 0 Å². The summed E-state index contributed by atoms with van der Waals surface area (Å²) in [7, 11) is 1.69. The highest BCUT2D eigenvalue weighted by molar-refractivity contribution is 5.62. The first kappa shape index (κ1) is 14.3. The Balaban J connectivity index is 2.25. The second-order valence-electron chi connectivity index (χ2n) is 4.43. The van der Waals surface area contributed by atoms with Crippen molar-refractivity contribution < 1.29 is 4.74 Å². The van der Waals surface area contributed by atoms with Crippen LogP contribution in [0.1, 0.15) is 18.3 Å². The number of hydrogen-bond donors (Lipinski definition) is 2. The van der Waals surface area contributed by atoms with E-state index in [0.717, 1.165) is 35.3 Å². The number of methoxy groups -OCH3 is 1. The van der Waals surface area contributed by atoms with Crippen LogP contribution in [-0.4, -0.2) is 23.6 Å². The molecule has 0 aliphatic rings. The second-order valence-corrected chi connectivity index (χ2v) is 4.43. The van der Waals surface area contributed by atoms with Gasteiger partial charge in [0, 0.05) is 31.0 Å². The highest BCUT2D eigenvalue weighted by atomic mass is 16.5. The lowest BCUT2D eigenvalue weighted by Gasteiger charge is -2.12. The van der Waals surface area contributed by atoms with Gasteiger partial charge in [0.05, 0.1) is 6.61 Å². The molecular weight excluding hydrogens is 252 g/mol. The molecule has 0 unspecified atom stereocenters. The number of nitrogens with zero attached hydrogens (tertiary/aromatic N) is 2. The number of aryl methyl sites for hydroxylation is 1. The van der Waals surface area contributed by atoms with Gasteiger partial charge in [-0.1, -0.05) is 18.2 Å². The van der Waals surface area contributed by atoms with Crippen molar-refractivity contribution in [3.8, 4) is 0 Å². The summed E-state index contributed by atoms with van der Waals surface area (Å²) >= 11 is 0.